The first-order chi connectivity index (χ1) is 10.3. The molecule has 0 saturated carbocycles. The number of amides is 1. The van der Waals surface area contributed by atoms with Gasteiger partial charge in [-0.05, 0) is 17.7 Å². The molecule has 0 saturated heterocycles. The molecule has 0 aromatic heterocycles. The summed E-state index contributed by atoms with van der Waals surface area (Å²) in [6.07, 6.45) is 0. The molecule has 0 bridgehead atoms. The summed E-state index contributed by atoms with van der Waals surface area (Å²) in [5.41, 5.74) is 0.445. The van der Waals surface area contributed by atoms with Crippen molar-refractivity contribution in [3.63, 3.8) is 0 Å². The van der Waals surface area contributed by atoms with Crippen LogP contribution in [0.1, 0.15) is 26.3 Å². The average molecular weight is 308 g/mol. The fourth-order valence-electron chi connectivity index (χ4n) is 1.68. The van der Waals surface area contributed by atoms with Crippen LogP contribution in [0.4, 0.5) is 4.39 Å². The molecule has 1 rings (SSSR count). The molecule has 0 aliphatic rings. The second-order valence-electron chi connectivity index (χ2n) is 5.99. The van der Waals surface area contributed by atoms with Gasteiger partial charge in [0.25, 0.3) is 0 Å². The van der Waals surface area contributed by atoms with Gasteiger partial charge in [0.05, 0.1) is 0 Å². The lowest BCUT2D eigenvalue weighted by Crippen LogP contribution is -2.43. The van der Waals surface area contributed by atoms with Gasteiger partial charge in [-0.15, -0.1) is 0 Å². The average Bonchev–Trinajstić information content (AvgIpc) is 2.45. The maximum Gasteiger partial charge on any atom is 0.225 e. The molecular formula is C16H25FN4O. The van der Waals surface area contributed by atoms with Gasteiger partial charge in [0, 0.05) is 32.1 Å². The van der Waals surface area contributed by atoms with Crippen LogP contribution in [0.15, 0.2) is 29.3 Å². The smallest absolute Gasteiger partial charge is 0.225 e. The molecule has 22 heavy (non-hydrogen) atoms. The van der Waals surface area contributed by atoms with E-state index in [-0.39, 0.29) is 11.7 Å². The van der Waals surface area contributed by atoms with Crippen LogP contribution in [-0.2, 0) is 11.3 Å². The van der Waals surface area contributed by atoms with E-state index < -0.39 is 5.41 Å². The predicted octanol–water partition coefficient (Wildman–Crippen LogP) is 1.65. The molecule has 0 aliphatic carbocycles. The molecule has 1 aromatic carbocycles. The SMILES string of the molecule is CN=C(NCCNC(=O)C(C)(C)C)NCc1cccc(F)c1. The highest BCUT2D eigenvalue weighted by Crippen LogP contribution is 2.11. The second kappa shape index (κ2) is 8.36. The van der Waals surface area contributed by atoms with Crippen LogP contribution >= 0.6 is 0 Å². The van der Waals surface area contributed by atoms with Crippen molar-refractivity contribution in [2.75, 3.05) is 20.1 Å². The van der Waals surface area contributed by atoms with Crippen LogP contribution in [0.25, 0.3) is 0 Å². The van der Waals surface area contributed by atoms with Crippen LogP contribution in [0, 0.1) is 11.2 Å². The Morgan fingerprint density at radius 3 is 2.45 bits per heavy atom. The lowest BCUT2D eigenvalue weighted by atomic mass is 9.96. The van der Waals surface area contributed by atoms with Gasteiger partial charge >= 0.3 is 0 Å². The number of hydrogen-bond donors (Lipinski definition) is 3. The second-order valence-corrected chi connectivity index (χ2v) is 5.99. The monoisotopic (exact) mass is 308 g/mol. The molecule has 5 nitrogen and oxygen atoms in total. The van der Waals surface area contributed by atoms with Crippen LogP contribution < -0.4 is 16.0 Å². The molecular weight excluding hydrogens is 283 g/mol. The largest absolute Gasteiger partial charge is 0.355 e. The summed E-state index contributed by atoms with van der Waals surface area (Å²) < 4.78 is 13.1. The van der Waals surface area contributed by atoms with Gasteiger partial charge in [0.2, 0.25) is 5.91 Å². The third-order valence-electron chi connectivity index (χ3n) is 2.96. The highest BCUT2D eigenvalue weighted by atomic mass is 19.1. The lowest BCUT2D eigenvalue weighted by Gasteiger charge is -2.18. The Morgan fingerprint density at radius 2 is 1.86 bits per heavy atom. The zero-order valence-electron chi connectivity index (χ0n) is 13.7. The molecule has 0 fully saturated rings. The van der Waals surface area contributed by atoms with Crippen molar-refractivity contribution in [1.82, 2.24) is 16.0 Å². The van der Waals surface area contributed by atoms with Crippen LogP contribution in [0.2, 0.25) is 0 Å². The molecule has 0 heterocycles. The van der Waals surface area contributed by atoms with E-state index >= 15 is 0 Å². The first kappa shape index (κ1) is 17.9. The summed E-state index contributed by atoms with van der Waals surface area (Å²) in [5.74, 6) is 0.360. The zero-order valence-corrected chi connectivity index (χ0v) is 13.7. The third-order valence-corrected chi connectivity index (χ3v) is 2.96. The van der Waals surface area contributed by atoms with Crippen molar-refractivity contribution in [3.05, 3.63) is 35.6 Å². The number of nitrogens with zero attached hydrogens (tertiary/aromatic N) is 1. The molecule has 0 aliphatic heterocycles. The van der Waals surface area contributed by atoms with Gasteiger partial charge in [0.1, 0.15) is 5.82 Å². The fraction of sp³-hybridized carbons (Fsp3) is 0.500. The van der Waals surface area contributed by atoms with E-state index in [1.807, 2.05) is 26.8 Å². The maximum atomic E-state index is 13.1. The van der Waals surface area contributed by atoms with E-state index in [2.05, 4.69) is 20.9 Å². The maximum absolute atomic E-state index is 13.1. The topological polar surface area (TPSA) is 65.5 Å². The van der Waals surface area contributed by atoms with Crippen molar-refractivity contribution < 1.29 is 9.18 Å². The van der Waals surface area contributed by atoms with E-state index in [1.165, 1.54) is 12.1 Å². The summed E-state index contributed by atoms with van der Waals surface area (Å²) in [6, 6.07) is 6.40. The summed E-state index contributed by atoms with van der Waals surface area (Å²) in [5, 5.41) is 9.03. The number of benzene rings is 1. The van der Waals surface area contributed by atoms with Gasteiger partial charge in [-0.1, -0.05) is 32.9 Å². The van der Waals surface area contributed by atoms with Crippen molar-refractivity contribution in [1.29, 1.82) is 0 Å². The van der Waals surface area contributed by atoms with Crippen molar-refractivity contribution in [3.8, 4) is 0 Å². The van der Waals surface area contributed by atoms with E-state index in [9.17, 15) is 9.18 Å². The summed E-state index contributed by atoms with van der Waals surface area (Å²) in [6.45, 7) is 7.16. The number of aliphatic imine (C=N–C) groups is 1. The van der Waals surface area contributed by atoms with Gasteiger partial charge in [-0.2, -0.15) is 0 Å². The Balaban J connectivity index is 2.30. The Bertz CT molecular complexity index is 523. The Hall–Kier alpha value is -2.11. The molecule has 6 heteroatoms. The standard InChI is InChI=1S/C16H25FN4O/c1-16(2,3)14(22)19-8-9-20-15(18-4)21-11-12-6-5-7-13(17)10-12/h5-7,10H,8-9,11H2,1-4H3,(H,19,22)(H2,18,20,21). The molecule has 0 unspecified atom stereocenters. The number of hydrogen-bond acceptors (Lipinski definition) is 2. The molecule has 0 radical (unpaired) electrons. The van der Waals surface area contributed by atoms with Gasteiger partial charge in [-0.3, -0.25) is 9.79 Å². The highest BCUT2D eigenvalue weighted by molar-refractivity contribution is 5.81. The first-order valence-corrected chi connectivity index (χ1v) is 7.30. The minimum Gasteiger partial charge on any atom is -0.355 e. The zero-order chi connectivity index (χ0) is 16.6. The predicted molar refractivity (Wildman–Crippen MR) is 87.1 cm³/mol. The Morgan fingerprint density at radius 1 is 1.18 bits per heavy atom. The van der Waals surface area contributed by atoms with Gasteiger partial charge in [0.15, 0.2) is 5.96 Å². The van der Waals surface area contributed by atoms with Crippen LogP contribution in [-0.4, -0.2) is 32.0 Å². The molecule has 0 spiro atoms. The number of carbonyl (C=O) groups is 1. The molecule has 122 valence electrons. The van der Waals surface area contributed by atoms with Gasteiger partial charge < -0.3 is 16.0 Å². The summed E-state index contributed by atoms with van der Waals surface area (Å²) in [4.78, 5) is 15.8. The third kappa shape index (κ3) is 6.56. The number of halogens is 1. The molecule has 1 amide bonds. The Labute approximate surface area is 131 Å². The molecule has 1 aromatic rings. The summed E-state index contributed by atoms with van der Waals surface area (Å²) >= 11 is 0. The van der Waals surface area contributed by atoms with E-state index in [4.69, 9.17) is 0 Å². The number of rotatable bonds is 5. The van der Waals surface area contributed by atoms with E-state index in [0.717, 1.165) is 5.56 Å². The summed E-state index contributed by atoms with van der Waals surface area (Å²) in [7, 11) is 1.66. The number of guanidine groups is 1. The van der Waals surface area contributed by atoms with E-state index in [1.54, 1.807) is 13.1 Å². The lowest BCUT2D eigenvalue weighted by molar-refractivity contribution is -0.128. The van der Waals surface area contributed by atoms with Crippen molar-refractivity contribution >= 4 is 11.9 Å². The Kier molecular flexibility index (Phi) is 6.82. The van der Waals surface area contributed by atoms with Crippen molar-refractivity contribution in [2.45, 2.75) is 27.3 Å². The van der Waals surface area contributed by atoms with Crippen molar-refractivity contribution in [2.24, 2.45) is 10.4 Å². The van der Waals surface area contributed by atoms with E-state index in [0.29, 0.717) is 25.6 Å². The molecule has 0 atom stereocenters. The normalized spacial score (nSPS) is 12.0. The minimum absolute atomic E-state index is 0.0111. The first-order valence-electron chi connectivity index (χ1n) is 7.30. The van der Waals surface area contributed by atoms with Gasteiger partial charge in [-0.25, -0.2) is 4.39 Å². The number of carbonyl (C=O) groups excluding carboxylic acids is 1. The van der Waals surface area contributed by atoms with Crippen LogP contribution in [0.5, 0.6) is 0 Å². The quantitative estimate of drug-likeness (QED) is 0.440. The molecule has 3 N–H and O–H groups in total. The number of nitrogens with one attached hydrogen (secondary N) is 3. The van der Waals surface area contributed by atoms with Crippen LogP contribution in [0.3, 0.4) is 0 Å². The highest BCUT2D eigenvalue weighted by Gasteiger charge is 2.20. The minimum atomic E-state index is -0.392. The fourth-order valence-corrected chi connectivity index (χ4v) is 1.68.